The quantitative estimate of drug-likeness (QED) is 0.347. The van der Waals surface area contributed by atoms with Crippen LogP contribution in [-0.2, 0) is 11.3 Å². The summed E-state index contributed by atoms with van der Waals surface area (Å²) in [7, 11) is 3.70. The third kappa shape index (κ3) is 4.94. The first kappa shape index (κ1) is 25.8. The molecule has 2 aromatic rings. The molecule has 0 unspecified atom stereocenters. The maximum absolute atomic E-state index is 12.5. The second-order valence-electron chi connectivity index (χ2n) is 7.02. The van der Waals surface area contributed by atoms with Crippen molar-refractivity contribution in [1.29, 1.82) is 0 Å². The van der Waals surface area contributed by atoms with Crippen LogP contribution in [0.25, 0.3) is 11.0 Å². The number of quaternary nitrogens is 2. The fraction of sp³-hybridized carbons (Fsp3) is 0.526. The highest BCUT2D eigenvalue weighted by Gasteiger charge is 2.31. The monoisotopic (exact) mass is 512 g/mol. The van der Waals surface area contributed by atoms with Crippen molar-refractivity contribution < 1.29 is 58.4 Å². The fourth-order valence-electron chi connectivity index (χ4n) is 3.69. The first-order valence-corrected chi connectivity index (χ1v) is 10.0. The molecule has 0 amide bonds. The average Bonchev–Trinajstić information content (AvgIpc) is 2.98. The molecule has 3 rings (SSSR count). The Bertz CT molecular complexity index is 866. The minimum absolute atomic E-state index is 0. The lowest BCUT2D eigenvalue weighted by molar-refractivity contribution is -1.01. The van der Waals surface area contributed by atoms with Crippen molar-refractivity contribution in [2.75, 3.05) is 46.9 Å². The normalized spacial score (nSPS) is 18.7. The minimum Gasteiger partial charge on any atom is -1.00 e. The molecule has 0 saturated carbocycles. The van der Waals surface area contributed by atoms with E-state index in [0.717, 1.165) is 38.3 Å². The maximum atomic E-state index is 12.5. The first-order valence-electron chi connectivity index (χ1n) is 9.21. The lowest BCUT2D eigenvalue weighted by atomic mass is 10.0. The molecule has 1 fully saturated rings. The molecule has 0 spiro atoms. The molecule has 0 atom stereocenters. The van der Waals surface area contributed by atoms with Crippen molar-refractivity contribution in [3.05, 3.63) is 21.4 Å². The number of carbonyl (C=O) groups excluding carboxylic acids is 1. The summed E-state index contributed by atoms with van der Waals surface area (Å²) in [6, 6.07) is 0. The summed E-state index contributed by atoms with van der Waals surface area (Å²) < 4.78 is 17.2. The van der Waals surface area contributed by atoms with Crippen molar-refractivity contribution in [2.24, 2.45) is 0 Å². The van der Waals surface area contributed by atoms with Crippen molar-refractivity contribution in [2.45, 2.75) is 20.4 Å². The van der Waals surface area contributed by atoms with Gasteiger partial charge in [0.05, 0.1) is 36.2 Å². The number of nitrogens with one attached hydrogen (secondary N) is 2. The Kier molecular flexibility index (Phi) is 9.56. The number of phenols is 1. The summed E-state index contributed by atoms with van der Waals surface area (Å²) in [6.07, 6.45) is 0. The zero-order valence-electron chi connectivity index (χ0n) is 17.0. The number of benzene rings is 1. The number of fused-ring (bicyclic) bond motifs is 1. The zero-order chi connectivity index (χ0) is 19.7. The SMILES string of the molecule is CCOC(=O)c1c(C)oc2c(C[NH+]3CC[NH+](C)CC3)c(Br)c(OC)c(O)c12.[Cl-].[Cl-]. The number of furan rings is 1. The van der Waals surface area contributed by atoms with Gasteiger partial charge in [-0.2, -0.15) is 0 Å². The Hall–Kier alpha value is -1.19. The Morgan fingerprint density at radius 1 is 1.24 bits per heavy atom. The van der Waals surface area contributed by atoms with E-state index in [-0.39, 0.29) is 42.7 Å². The third-order valence-electron chi connectivity index (χ3n) is 5.20. The summed E-state index contributed by atoms with van der Waals surface area (Å²) in [5.41, 5.74) is 1.67. The topological polar surface area (TPSA) is 77.8 Å². The molecule has 0 radical (unpaired) electrons. The smallest absolute Gasteiger partial charge is 0.342 e. The van der Waals surface area contributed by atoms with Gasteiger partial charge in [0.15, 0.2) is 11.5 Å². The number of rotatable bonds is 5. The van der Waals surface area contributed by atoms with Gasteiger partial charge in [-0.15, -0.1) is 0 Å². The highest BCUT2D eigenvalue weighted by molar-refractivity contribution is 9.10. The number of aromatic hydroxyl groups is 1. The van der Waals surface area contributed by atoms with Gasteiger partial charge in [0.2, 0.25) is 0 Å². The van der Waals surface area contributed by atoms with Gasteiger partial charge < -0.3 is 53.6 Å². The predicted octanol–water partition coefficient (Wildman–Crippen LogP) is -5.68. The Morgan fingerprint density at radius 2 is 1.86 bits per heavy atom. The van der Waals surface area contributed by atoms with Gasteiger partial charge in [-0.25, -0.2) is 4.79 Å². The molecular formula is C19H27BrCl2N2O5. The molecule has 0 bridgehead atoms. The number of piperazine rings is 1. The van der Waals surface area contributed by atoms with E-state index >= 15 is 0 Å². The van der Waals surface area contributed by atoms with Crippen LogP contribution in [0.15, 0.2) is 8.89 Å². The van der Waals surface area contributed by atoms with Crippen molar-refractivity contribution in [3.63, 3.8) is 0 Å². The van der Waals surface area contributed by atoms with Crippen LogP contribution in [-0.4, -0.2) is 58.0 Å². The Balaban J connectivity index is 0.00000210. The molecule has 10 heteroatoms. The molecule has 1 aliphatic rings. The van der Waals surface area contributed by atoms with Gasteiger partial charge in [-0.1, -0.05) is 0 Å². The van der Waals surface area contributed by atoms with Crippen LogP contribution in [0.2, 0.25) is 0 Å². The summed E-state index contributed by atoms with van der Waals surface area (Å²) in [5.74, 6) is 0.122. The number of halogens is 3. The first-order chi connectivity index (χ1) is 12.9. The van der Waals surface area contributed by atoms with E-state index in [2.05, 4.69) is 23.0 Å². The highest BCUT2D eigenvalue weighted by Crippen LogP contribution is 2.47. The van der Waals surface area contributed by atoms with Gasteiger partial charge in [0, 0.05) is 0 Å². The van der Waals surface area contributed by atoms with Gasteiger partial charge in [0.1, 0.15) is 49.6 Å². The molecule has 1 saturated heterocycles. The number of hydrogen-bond acceptors (Lipinski definition) is 5. The molecule has 3 N–H and O–H groups in total. The van der Waals surface area contributed by atoms with Gasteiger partial charge >= 0.3 is 5.97 Å². The molecule has 164 valence electrons. The fourth-order valence-corrected chi connectivity index (χ4v) is 4.36. The second kappa shape index (κ2) is 10.7. The average molecular weight is 514 g/mol. The Morgan fingerprint density at radius 3 is 2.41 bits per heavy atom. The number of ether oxygens (including phenoxy) is 2. The van der Waals surface area contributed by atoms with E-state index in [1.165, 1.54) is 16.9 Å². The zero-order valence-corrected chi connectivity index (χ0v) is 20.1. The lowest BCUT2D eigenvalue weighted by Gasteiger charge is -2.27. The molecule has 1 aromatic carbocycles. The number of hydrogen-bond donors (Lipinski definition) is 3. The number of likely N-dealkylation sites (N-methyl/N-ethyl adjacent to an activating group) is 1. The van der Waals surface area contributed by atoms with Crippen molar-refractivity contribution in [1.82, 2.24) is 0 Å². The molecular weight excluding hydrogens is 487 g/mol. The summed E-state index contributed by atoms with van der Waals surface area (Å²) in [5, 5.41) is 11.1. The van der Waals surface area contributed by atoms with Crippen LogP contribution in [0, 0.1) is 6.92 Å². The summed E-state index contributed by atoms with van der Waals surface area (Å²) in [6.45, 7) is 8.74. The summed E-state index contributed by atoms with van der Waals surface area (Å²) in [4.78, 5) is 15.4. The van der Waals surface area contributed by atoms with Gasteiger partial charge in [0.25, 0.3) is 0 Å². The summed E-state index contributed by atoms with van der Waals surface area (Å²) >= 11 is 3.57. The van der Waals surface area contributed by atoms with Crippen LogP contribution in [0.1, 0.15) is 28.6 Å². The minimum atomic E-state index is -0.505. The number of methoxy groups -OCH3 is 1. The molecule has 1 aliphatic heterocycles. The van der Waals surface area contributed by atoms with Crippen LogP contribution in [0.5, 0.6) is 11.5 Å². The number of aryl methyl sites for hydroxylation is 1. The van der Waals surface area contributed by atoms with Crippen LogP contribution >= 0.6 is 15.9 Å². The van der Waals surface area contributed by atoms with Gasteiger partial charge in [-0.05, 0) is 29.8 Å². The largest absolute Gasteiger partial charge is 1.00 e. The van der Waals surface area contributed by atoms with E-state index in [1.54, 1.807) is 13.8 Å². The lowest BCUT2D eigenvalue weighted by Crippen LogP contribution is -3.26. The van der Waals surface area contributed by atoms with Crippen molar-refractivity contribution >= 4 is 32.9 Å². The molecule has 29 heavy (non-hydrogen) atoms. The van der Waals surface area contributed by atoms with E-state index in [9.17, 15) is 9.90 Å². The molecule has 0 aliphatic carbocycles. The maximum Gasteiger partial charge on any atom is 0.342 e. The van der Waals surface area contributed by atoms with Crippen molar-refractivity contribution in [3.8, 4) is 11.5 Å². The second-order valence-corrected chi connectivity index (χ2v) is 7.81. The number of phenolic OH excluding ortho intramolecular Hbond substituents is 1. The van der Waals surface area contributed by atoms with Gasteiger partial charge in [-0.3, -0.25) is 0 Å². The number of carbonyl (C=O) groups is 1. The standard InChI is InChI=1S/C19H25BrN2O5.2ClH/c1-5-26-19(24)13-11(2)27-17-12(10-22-8-6-21(3)7-9-22)15(20)18(25-4)16(23)14(13)17;;/h23H,5-10H2,1-4H3;2*1H. The van der Waals surface area contributed by atoms with Crippen LogP contribution < -0.4 is 39.4 Å². The highest BCUT2D eigenvalue weighted by atomic mass is 79.9. The Labute approximate surface area is 191 Å². The van der Waals surface area contributed by atoms with Crippen LogP contribution in [0.3, 0.4) is 0 Å². The molecule has 7 nitrogen and oxygen atoms in total. The van der Waals surface area contributed by atoms with Crippen LogP contribution in [0.4, 0.5) is 0 Å². The number of esters is 1. The third-order valence-corrected chi connectivity index (χ3v) is 6.03. The van der Waals surface area contributed by atoms with E-state index in [4.69, 9.17) is 13.9 Å². The van der Waals surface area contributed by atoms with E-state index in [0.29, 0.717) is 27.0 Å². The molecule has 2 heterocycles. The van der Waals surface area contributed by atoms with E-state index in [1.807, 2.05) is 0 Å². The van der Waals surface area contributed by atoms with E-state index < -0.39 is 5.97 Å². The predicted molar refractivity (Wildman–Crippen MR) is 104 cm³/mol. The molecule has 1 aromatic heterocycles.